The van der Waals surface area contributed by atoms with Gasteiger partial charge in [0.1, 0.15) is 23.1 Å². The molecule has 8 nitrogen and oxygen atoms in total. The Kier molecular flexibility index (Phi) is 5.18. The Morgan fingerprint density at radius 3 is 2.61 bits per heavy atom. The van der Waals surface area contributed by atoms with E-state index in [4.69, 9.17) is 9.47 Å². The molecule has 28 heavy (non-hydrogen) atoms. The maximum Gasteiger partial charge on any atom is 0.471 e. The summed E-state index contributed by atoms with van der Waals surface area (Å²) in [6.45, 7) is 6.27. The molecule has 0 aliphatic carbocycles. The van der Waals surface area contributed by atoms with Crippen molar-refractivity contribution < 1.29 is 32.0 Å². The Bertz CT molecular complexity index is 830. The first-order chi connectivity index (χ1) is 13.0. The lowest BCUT2D eigenvalue weighted by Crippen LogP contribution is -2.36. The van der Waals surface area contributed by atoms with Gasteiger partial charge in [-0.05, 0) is 32.9 Å². The van der Waals surface area contributed by atoms with E-state index in [0.717, 1.165) is 0 Å². The van der Waals surface area contributed by atoms with Crippen LogP contribution in [0.1, 0.15) is 33.1 Å². The van der Waals surface area contributed by atoms with Gasteiger partial charge in [-0.25, -0.2) is 9.78 Å². The molecule has 0 bridgehead atoms. The lowest BCUT2D eigenvalue weighted by atomic mass is 10.2. The van der Waals surface area contributed by atoms with Crippen LogP contribution in [0.15, 0.2) is 22.9 Å². The molecule has 2 aromatic rings. The van der Waals surface area contributed by atoms with Crippen LogP contribution in [-0.4, -0.2) is 50.9 Å². The van der Waals surface area contributed by atoms with Crippen LogP contribution >= 0.6 is 0 Å². The van der Waals surface area contributed by atoms with Gasteiger partial charge in [0.15, 0.2) is 0 Å². The number of nitrogens with zero attached hydrogens (tertiary/aromatic N) is 4. The number of rotatable bonds is 3. The molecule has 1 aliphatic heterocycles. The molecule has 3 rings (SSSR count). The lowest BCUT2D eigenvalue weighted by Gasteiger charge is -2.24. The van der Waals surface area contributed by atoms with Crippen molar-refractivity contribution in [2.45, 2.75) is 45.1 Å². The third-order valence-electron chi connectivity index (χ3n) is 3.73. The van der Waals surface area contributed by atoms with Gasteiger partial charge in [0.25, 0.3) is 0 Å². The molecule has 1 fully saturated rings. The molecule has 3 heterocycles. The van der Waals surface area contributed by atoms with Gasteiger partial charge in [-0.15, -0.1) is 0 Å². The molecule has 152 valence electrons. The summed E-state index contributed by atoms with van der Waals surface area (Å²) in [5.41, 5.74) is -0.454. The maximum absolute atomic E-state index is 12.5. The Morgan fingerprint density at radius 2 is 2.04 bits per heavy atom. The highest BCUT2D eigenvalue weighted by atomic mass is 19.4. The summed E-state index contributed by atoms with van der Waals surface area (Å²) in [6, 6.07) is 2.98. The highest BCUT2D eigenvalue weighted by molar-refractivity contribution is 5.68. The van der Waals surface area contributed by atoms with Crippen molar-refractivity contribution >= 4 is 6.09 Å². The Hall–Kier alpha value is -2.85. The van der Waals surface area contributed by atoms with E-state index in [-0.39, 0.29) is 17.6 Å². The number of carbonyl (C=O) groups is 1. The molecule has 0 N–H and O–H groups in total. The molecule has 11 heteroatoms. The topological polar surface area (TPSA) is 90.6 Å². The predicted molar refractivity (Wildman–Crippen MR) is 89.4 cm³/mol. The van der Waals surface area contributed by atoms with Gasteiger partial charge in [0, 0.05) is 13.0 Å². The van der Waals surface area contributed by atoms with Crippen LogP contribution in [0.4, 0.5) is 18.0 Å². The molecule has 0 unspecified atom stereocenters. The number of ether oxygens (including phenoxy) is 2. The summed E-state index contributed by atoms with van der Waals surface area (Å²) in [7, 11) is 0. The smallest absolute Gasteiger partial charge is 0.471 e. The summed E-state index contributed by atoms with van der Waals surface area (Å²) in [5, 5.41) is 3.28. The van der Waals surface area contributed by atoms with Crippen molar-refractivity contribution in [1.29, 1.82) is 0 Å². The molecular formula is C17H19F3N4O4. The number of aromatic nitrogens is 3. The zero-order chi connectivity index (χ0) is 20.5. The van der Waals surface area contributed by atoms with Crippen molar-refractivity contribution in [2.75, 3.05) is 13.1 Å². The van der Waals surface area contributed by atoms with Crippen LogP contribution < -0.4 is 4.74 Å². The highest BCUT2D eigenvalue weighted by Gasteiger charge is 2.38. The summed E-state index contributed by atoms with van der Waals surface area (Å²) in [4.78, 5) is 20.9. The van der Waals surface area contributed by atoms with E-state index in [9.17, 15) is 18.0 Å². The Morgan fingerprint density at radius 1 is 1.29 bits per heavy atom. The second kappa shape index (κ2) is 7.28. The van der Waals surface area contributed by atoms with Crippen molar-refractivity contribution in [2.24, 2.45) is 0 Å². The summed E-state index contributed by atoms with van der Waals surface area (Å²) in [6.07, 6.45) is -3.36. The number of amides is 1. The molecule has 0 spiro atoms. The van der Waals surface area contributed by atoms with Gasteiger partial charge in [-0.3, -0.25) is 0 Å². The second-order valence-corrected chi connectivity index (χ2v) is 7.25. The van der Waals surface area contributed by atoms with Crippen LogP contribution in [0, 0.1) is 0 Å². The average molecular weight is 400 g/mol. The summed E-state index contributed by atoms with van der Waals surface area (Å²) < 4.78 is 52.8. The van der Waals surface area contributed by atoms with Gasteiger partial charge >= 0.3 is 18.2 Å². The number of likely N-dealkylation sites (tertiary alicyclic amines) is 1. The van der Waals surface area contributed by atoms with Gasteiger partial charge < -0.3 is 18.9 Å². The van der Waals surface area contributed by atoms with Crippen molar-refractivity contribution in [3.8, 4) is 17.3 Å². The van der Waals surface area contributed by atoms with E-state index >= 15 is 0 Å². The molecule has 1 amide bonds. The fraction of sp³-hybridized carbons (Fsp3) is 0.529. The van der Waals surface area contributed by atoms with Crippen LogP contribution in [0.2, 0.25) is 0 Å². The Labute approximate surface area is 158 Å². The van der Waals surface area contributed by atoms with Crippen molar-refractivity contribution in [3.05, 3.63) is 24.2 Å². The largest absolute Gasteiger partial charge is 0.487 e. The zero-order valence-electron chi connectivity index (χ0n) is 15.5. The van der Waals surface area contributed by atoms with E-state index in [1.807, 2.05) is 0 Å². The quantitative estimate of drug-likeness (QED) is 0.778. The lowest BCUT2D eigenvalue weighted by molar-refractivity contribution is -0.159. The van der Waals surface area contributed by atoms with E-state index in [2.05, 4.69) is 19.6 Å². The molecule has 0 saturated carbocycles. The van der Waals surface area contributed by atoms with Crippen LogP contribution in [0.25, 0.3) is 11.5 Å². The van der Waals surface area contributed by atoms with Crippen molar-refractivity contribution in [3.63, 3.8) is 0 Å². The standard InChI is InChI=1S/C17H19F3N4O4/c1-16(2,3)27-15(25)24-7-6-11(9-24)26-10-4-5-12(21-8-10)13-22-14(28-23-13)17(18,19)20/h4-5,8,11H,6-7,9H2,1-3H3/t11-/m0/s1. The molecular weight excluding hydrogens is 381 g/mol. The first-order valence-corrected chi connectivity index (χ1v) is 8.53. The number of alkyl halides is 3. The predicted octanol–water partition coefficient (Wildman–Crippen LogP) is 3.54. The number of hydrogen-bond donors (Lipinski definition) is 0. The zero-order valence-corrected chi connectivity index (χ0v) is 15.5. The van der Waals surface area contributed by atoms with Crippen LogP contribution in [-0.2, 0) is 10.9 Å². The number of pyridine rings is 1. The minimum atomic E-state index is -4.71. The fourth-order valence-electron chi connectivity index (χ4n) is 2.53. The summed E-state index contributed by atoms with van der Waals surface area (Å²) in [5.74, 6) is -1.28. The average Bonchev–Trinajstić information content (AvgIpc) is 3.23. The number of hydrogen-bond acceptors (Lipinski definition) is 7. The van der Waals surface area contributed by atoms with E-state index in [1.165, 1.54) is 12.3 Å². The molecule has 1 aliphatic rings. The highest BCUT2D eigenvalue weighted by Crippen LogP contribution is 2.29. The number of carbonyl (C=O) groups excluding carboxylic acids is 1. The molecule has 0 radical (unpaired) electrons. The van der Waals surface area contributed by atoms with Crippen LogP contribution in [0.3, 0.4) is 0 Å². The normalized spacial score (nSPS) is 17.6. The number of halogens is 3. The molecule has 2 aromatic heterocycles. The van der Waals surface area contributed by atoms with E-state index in [1.54, 1.807) is 31.7 Å². The maximum atomic E-state index is 12.5. The molecule has 1 saturated heterocycles. The van der Waals surface area contributed by atoms with Crippen molar-refractivity contribution in [1.82, 2.24) is 20.0 Å². The minimum Gasteiger partial charge on any atom is -0.487 e. The first-order valence-electron chi connectivity index (χ1n) is 8.53. The van der Waals surface area contributed by atoms with E-state index in [0.29, 0.717) is 25.3 Å². The Balaban J connectivity index is 1.58. The minimum absolute atomic E-state index is 0.119. The second-order valence-electron chi connectivity index (χ2n) is 7.25. The van der Waals surface area contributed by atoms with Gasteiger partial charge in [-0.1, -0.05) is 5.16 Å². The first kappa shape index (κ1) is 19.9. The third-order valence-corrected chi connectivity index (χ3v) is 3.73. The SMILES string of the molecule is CC(C)(C)OC(=O)N1CC[C@H](Oc2ccc(-c3noc(C(F)(F)F)n3)nc2)C1. The summed E-state index contributed by atoms with van der Waals surface area (Å²) >= 11 is 0. The van der Waals surface area contributed by atoms with Gasteiger partial charge in [0.2, 0.25) is 5.82 Å². The monoisotopic (exact) mass is 400 g/mol. The van der Waals surface area contributed by atoms with Gasteiger partial charge in [-0.2, -0.15) is 18.2 Å². The van der Waals surface area contributed by atoms with E-state index < -0.39 is 23.8 Å². The fourth-order valence-corrected chi connectivity index (χ4v) is 2.53. The molecule has 0 aromatic carbocycles. The third kappa shape index (κ3) is 4.90. The van der Waals surface area contributed by atoms with Crippen LogP contribution in [0.5, 0.6) is 5.75 Å². The van der Waals surface area contributed by atoms with Gasteiger partial charge in [0.05, 0.1) is 12.7 Å². The molecule has 1 atom stereocenters.